The van der Waals surface area contributed by atoms with E-state index < -0.39 is 17.7 Å². The molecule has 0 bridgehead atoms. The maximum Gasteiger partial charge on any atom is 0.263 e. The SMILES string of the molecule is CC(Oc1ccc(F)c(F)c1)C(=O)N(Cc1ccccc1F)C1CC1. The lowest BCUT2D eigenvalue weighted by molar-refractivity contribution is -0.139. The van der Waals surface area contributed by atoms with Gasteiger partial charge in [-0.3, -0.25) is 4.79 Å². The van der Waals surface area contributed by atoms with Crippen molar-refractivity contribution in [3.8, 4) is 5.75 Å². The van der Waals surface area contributed by atoms with E-state index in [2.05, 4.69) is 0 Å². The number of rotatable bonds is 6. The smallest absolute Gasteiger partial charge is 0.263 e. The van der Waals surface area contributed by atoms with Crippen LogP contribution in [-0.2, 0) is 11.3 Å². The quantitative estimate of drug-likeness (QED) is 0.787. The Morgan fingerprint density at radius 3 is 2.48 bits per heavy atom. The fourth-order valence-electron chi connectivity index (χ4n) is 2.62. The first kappa shape index (κ1) is 17.3. The summed E-state index contributed by atoms with van der Waals surface area (Å²) < 4.78 is 45.6. The minimum Gasteiger partial charge on any atom is -0.481 e. The van der Waals surface area contributed by atoms with Crippen LogP contribution in [0.5, 0.6) is 5.75 Å². The van der Waals surface area contributed by atoms with Gasteiger partial charge in [0, 0.05) is 24.2 Å². The second-order valence-electron chi connectivity index (χ2n) is 6.12. The van der Waals surface area contributed by atoms with Gasteiger partial charge in [0.25, 0.3) is 5.91 Å². The van der Waals surface area contributed by atoms with Crippen LogP contribution in [0, 0.1) is 17.5 Å². The summed E-state index contributed by atoms with van der Waals surface area (Å²) >= 11 is 0. The standard InChI is InChI=1S/C19H18F3NO2/c1-12(25-15-8-9-17(21)18(22)10-15)19(24)23(14-6-7-14)11-13-4-2-3-5-16(13)20/h2-5,8-10,12,14H,6-7,11H2,1H3. The maximum atomic E-state index is 13.9. The van der Waals surface area contributed by atoms with Crippen molar-refractivity contribution < 1.29 is 22.7 Å². The fraction of sp³-hybridized carbons (Fsp3) is 0.316. The van der Waals surface area contributed by atoms with Gasteiger partial charge in [0.15, 0.2) is 17.7 Å². The van der Waals surface area contributed by atoms with Gasteiger partial charge < -0.3 is 9.64 Å². The number of benzene rings is 2. The van der Waals surface area contributed by atoms with Gasteiger partial charge in [-0.1, -0.05) is 18.2 Å². The van der Waals surface area contributed by atoms with Gasteiger partial charge >= 0.3 is 0 Å². The second kappa shape index (κ2) is 7.17. The minimum absolute atomic E-state index is 0.0584. The molecule has 0 N–H and O–H groups in total. The van der Waals surface area contributed by atoms with E-state index >= 15 is 0 Å². The van der Waals surface area contributed by atoms with Crippen LogP contribution < -0.4 is 4.74 Å². The Hall–Kier alpha value is -2.50. The normalized spacial score (nSPS) is 14.9. The highest BCUT2D eigenvalue weighted by Crippen LogP contribution is 2.30. The molecule has 3 rings (SSSR count). The molecule has 132 valence electrons. The average molecular weight is 349 g/mol. The summed E-state index contributed by atoms with van der Waals surface area (Å²) in [5, 5.41) is 0. The molecule has 25 heavy (non-hydrogen) atoms. The predicted molar refractivity (Wildman–Crippen MR) is 86.4 cm³/mol. The van der Waals surface area contributed by atoms with E-state index in [4.69, 9.17) is 4.74 Å². The van der Waals surface area contributed by atoms with Crippen LogP contribution in [0.3, 0.4) is 0 Å². The molecular weight excluding hydrogens is 331 g/mol. The Kier molecular flexibility index (Phi) is 4.97. The predicted octanol–water partition coefficient (Wildman–Crippen LogP) is 4.06. The third kappa shape index (κ3) is 4.13. The van der Waals surface area contributed by atoms with Gasteiger partial charge in [0.1, 0.15) is 11.6 Å². The van der Waals surface area contributed by atoms with Gasteiger partial charge in [-0.15, -0.1) is 0 Å². The first-order chi connectivity index (χ1) is 12.0. The Bertz CT molecular complexity index is 777. The van der Waals surface area contributed by atoms with Crippen LogP contribution in [0.25, 0.3) is 0 Å². The zero-order valence-corrected chi connectivity index (χ0v) is 13.7. The summed E-state index contributed by atoms with van der Waals surface area (Å²) in [5.74, 6) is -2.62. The highest BCUT2D eigenvalue weighted by Gasteiger charge is 2.35. The number of carbonyl (C=O) groups excluding carboxylic acids is 1. The molecule has 0 radical (unpaired) electrons. The molecule has 2 aromatic carbocycles. The molecular formula is C19H18F3NO2. The first-order valence-corrected chi connectivity index (χ1v) is 8.11. The summed E-state index contributed by atoms with van der Waals surface area (Å²) in [6.45, 7) is 1.70. The van der Waals surface area contributed by atoms with Crippen LogP contribution >= 0.6 is 0 Å². The third-order valence-electron chi connectivity index (χ3n) is 4.12. The molecule has 1 amide bonds. The molecule has 0 aromatic heterocycles. The number of ether oxygens (including phenoxy) is 1. The molecule has 1 aliphatic carbocycles. The van der Waals surface area contributed by atoms with Crippen molar-refractivity contribution in [1.29, 1.82) is 0 Å². The van der Waals surface area contributed by atoms with E-state index in [0.29, 0.717) is 5.56 Å². The molecule has 3 nitrogen and oxygen atoms in total. The van der Waals surface area contributed by atoms with Gasteiger partial charge in [-0.2, -0.15) is 0 Å². The van der Waals surface area contributed by atoms with E-state index in [1.165, 1.54) is 12.1 Å². The molecule has 0 saturated heterocycles. The summed E-state index contributed by atoms with van der Waals surface area (Å²) in [6, 6.07) is 9.47. The Morgan fingerprint density at radius 2 is 1.84 bits per heavy atom. The van der Waals surface area contributed by atoms with Crippen molar-refractivity contribution in [3.63, 3.8) is 0 Å². The minimum atomic E-state index is -1.04. The lowest BCUT2D eigenvalue weighted by atomic mass is 10.2. The second-order valence-corrected chi connectivity index (χ2v) is 6.12. The van der Waals surface area contributed by atoms with E-state index in [1.54, 1.807) is 30.0 Å². The summed E-state index contributed by atoms with van der Waals surface area (Å²) in [5.41, 5.74) is 0.433. The lowest BCUT2D eigenvalue weighted by Crippen LogP contribution is -2.41. The largest absolute Gasteiger partial charge is 0.481 e. The molecule has 0 aliphatic heterocycles. The van der Waals surface area contributed by atoms with Crippen molar-refractivity contribution in [2.24, 2.45) is 0 Å². The zero-order valence-electron chi connectivity index (χ0n) is 13.7. The van der Waals surface area contributed by atoms with Crippen LogP contribution in [0.2, 0.25) is 0 Å². The maximum absolute atomic E-state index is 13.9. The van der Waals surface area contributed by atoms with Crippen molar-refractivity contribution >= 4 is 5.91 Å². The number of hydrogen-bond acceptors (Lipinski definition) is 2. The highest BCUT2D eigenvalue weighted by molar-refractivity contribution is 5.81. The van der Waals surface area contributed by atoms with Crippen molar-refractivity contribution in [2.75, 3.05) is 0 Å². The van der Waals surface area contributed by atoms with Crippen molar-refractivity contribution in [2.45, 2.75) is 38.5 Å². The lowest BCUT2D eigenvalue weighted by Gasteiger charge is -2.26. The van der Waals surface area contributed by atoms with Gasteiger partial charge in [0.05, 0.1) is 0 Å². The molecule has 0 heterocycles. The molecule has 0 spiro atoms. The average Bonchev–Trinajstić information content (AvgIpc) is 3.42. The van der Waals surface area contributed by atoms with E-state index in [9.17, 15) is 18.0 Å². The number of hydrogen-bond donors (Lipinski definition) is 0. The molecule has 2 aromatic rings. The molecule has 1 saturated carbocycles. The number of amides is 1. The highest BCUT2D eigenvalue weighted by atomic mass is 19.2. The summed E-state index contributed by atoms with van der Waals surface area (Å²) in [4.78, 5) is 14.3. The zero-order chi connectivity index (χ0) is 18.0. The Labute approximate surface area is 144 Å². The number of halogens is 3. The van der Waals surface area contributed by atoms with Gasteiger partial charge in [-0.05, 0) is 38.0 Å². The molecule has 1 fully saturated rings. The van der Waals surface area contributed by atoms with Gasteiger partial charge in [-0.25, -0.2) is 13.2 Å². The molecule has 1 unspecified atom stereocenters. The fourth-order valence-corrected chi connectivity index (χ4v) is 2.62. The van der Waals surface area contributed by atoms with Crippen molar-refractivity contribution in [3.05, 3.63) is 65.5 Å². The molecule has 1 aliphatic rings. The number of carbonyl (C=O) groups is 1. The Morgan fingerprint density at radius 1 is 1.12 bits per heavy atom. The van der Waals surface area contributed by atoms with E-state index in [1.807, 2.05) is 0 Å². The number of nitrogens with zero attached hydrogens (tertiary/aromatic N) is 1. The Balaban J connectivity index is 1.71. The molecule has 6 heteroatoms. The van der Waals surface area contributed by atoms with E-state index in [0.717, 1.165) is 25.0 Å². The van der Waals surface area contributed by atoms with Gasteiger partial charge in [0.2, 0.25) is 0 Å². The summed E-state index contributed by atoms with van der Waals surface area (Å²) in [7, 11) is 0. The van der Waals surface area contributed by atoms with Crippen LogP contribution in [-0.4, -0.2) is 23.0 Å². The topological polar surface area (TPSA) is 29.5 Å². The summed E-state index contributed by atoms with van der Waals surface area (Å²) in [6.07, 6.45) is 0.827. The van der Waals surface area contributed by atoms with Crippen LogP contribution in [0.4, 0.5) is 13.2 Å². The van der Waals surface area contributed by atoms with Crippen LogP contribution in [0.15, 0.2) is 42.5 Å². The van der Waals surface area contributed by atoms with Crippen molar-refractivity contribution in [1.82, 2.24) is 4.90 Å². The van der Waals surface area contributed by atoms with E-state index in [-0.39, 0.29) is 30.1 Å². The monoisotopic (exact) mass is 349 g/mol. The first-order valence-electron chi connectivity index (χ1n) is 8.11. The molecule has 1 atom stereocenters. The van der Waals surface area contributed by atoms with Crippen LogP contribution in [0.1, 0.15) is 25.3 Å². The third-order valence-corrected chi connectivity index (χ3v) is 4.12.